The van der Waals surface area contributed by atoms with E-state index in [9.17, 15) is 0 Å². The molecule has 248 valence electrons. The van der Waals surface area contributed by atoms with Crippen molar-refractivity contribution in [1.29, 1.82) is 0 Å². The second-order valence-corrected chi connectivity index (χ2v) is 13.7. The fourth-order valence-corrected chi connectivity index (χ4v) is 8.32. The monoisotopic (exact) mass is 676 g/mol. The molecule has 0 spiro atoms. The Labute approximate surface area is 306 Å². The highest BCUT2D eigenvalue weighted by Crippen LogP contribution is 2.44. The number of aromatic nitrogens is 1. The van der Waals surface area contributed by atoms with Crippen molar-refractivity contribution in [3.05, 3.63) is 194 Å². The Morgan fingerprint density at radius 3 is 1.70 bits per heavy atom. The number of hydrogen-bond donors (Lipinski definition) is 0. The third kappa shape index (κ3) is 4.68. The fourth-order valence-electron chi connectivity index (χ4n) is 8.32. The van der Waals surface area contributed by atoms with Gasteiger partial charge in [0.2, 0.25) is 0 Å². The minimum Gasteiger partial charge on any atom is -0.456 e. The first kappa shape index (κ1) is 29.6. The molecule has 0 fully saturated rings. The van der Waals surface area contributed by atoms with Crippen molar-refractivity contribution < 1.29 is 4.42 Å². The molecule has 0 aliphatic carbocycles. The van der Waals surface area contributed by atoms with Gasteiger partial charge in [0, 0.05) is 50.4 Å². The maximum Gasteiger partial charge on any atom is 0.137 e. The van der Waals surface area contributed by atoms with Crippen molar-refractivity contribution in [1.82, 2.24) is 4.57 Å². The average Bonchev–Trinajstić information content (AvgIpc) is 3.77. The van der Waals surface area contributed by atoms with Gasteiger partial charge in [-0.1, -0.05) is 127 Å². The summed E-state index contributed by atoms with van der Waals surface area (Å²) in [6.07, 6.45) is 0. The molecular formula is C50H32N2O. The molecule has 0 unspecified atom stereocenters. The van der Waals surface area contributed by atoms with Crippen LogP contribution in [0.25, 0.3) is 82.1 Å². The van der Waals surface area contributed by atoms with E-state index in [0.29, 0.717) is 0 Å². The summed E-state index contributed by atoms with van der Waals surface area (Å²) in [4.78, 5) is 2.35. The van der Waals surface area contributed by atoms with Crippen LogP contribution in [0.4, 0.5) is 17.1 Å². The molecule has 0 saturated carbocycles. The van der Waals surface area contributed by atoms with E-state index in [4.69, 9.17) is 4.42 Å². The minimum absolute atomic E-state index is 0.866. The van der Waals surface area contributed by atoms with Gasteiger partial charge in [-0.25, -0.2) is 0 Å². The maximum absolute atomic E-state index is 6.60. The number of hydrogen-bond acceptors (Lipinski definition) is 2. The van der Waals surface area contributed by atoms with E-state index in [1.54, 1.807) is 0 Å². The SMILES string of the molecule is c1ccc(-c2ccc(N(c3ccc4c(c3)oc3ccc5ccccc5c34)c3ccc4c5c6ccccc6ccc5n(-c5ccccc5)c4c3)cc2)cc1. The lowest BCUT2D eigenvalue weighted by Gasteiger charge is -2.26. The van der Waals surface area contributed by atoms with E-state index >= 15 is 0 Å². The highest BCUT2D eigenvalue weighted by molar-refractivity contribution is 6.22. The molecule has 11 rings (SSSR count). The van der Waals surface area contributed by atoms with E-state index < -0.39 is 0 Å². The number of rotatable bonds is 5. The third-order valence-electron chi connectivity index (χ3n) is 10.7. The summed E-state index contributed by atoms with van der Waals surface area (Å²) in [5, 5.41) is 9.68. The van der Waals surface area contributed by atoms with E-state index in [1.165, 1.54) is 49.0 Å². The van der Waals surface area contributed by atoms with E-state index in [0.717, 1.165) is 50.2 Å². The van der Waals surface area contributed by atoms with Crippen LogP contribution in [0.5, 0.6) is 0 Å². The van der Waals surface area contributed by atoms with Crippen LogP contribution >= 0.6 is 0 Å². The minimum atomic E-state index is 0.866. The van der Waals surface area contributed by atoms with Gasteiger partial charge in [-0.2, -0.15) is 0 Å². The van der Waals surface area contributed by atoms with Crippen LogP contribution < -0.4 is 4.90 Å². The van der Waals surface area contributed by atoms with Crippen molar-refractivity contribution >= 4 is 82.4 Å². The molecule has 2 aromatic heterocycles. The number of benzene rings is 9. The quantitative estimate of drug-likeness (QED) is 0.181. The smallest absolute Gasteiger partial charge is 0.137 e. The number of fused-ring (bicyclic) bond motifs is 10. The van der Waals surface area contributed by atoms with Crippen molar-refractivity contribution in [3.8, 4) is 16.8 Å². The lowest BCUT2D eigenvalue weighted by Crippen LogP contribution is -2.10. The van der Waals surface area contributed by atoms with Gasteiger partial charge in [0.1, 0.15) is 11.2 Å². The molecule has 0 saturated heterocycles. The summed E-state index contributed by atoms with van der Waals surface area (Å²) >= 11 is 0. The van der Waals surface area contributed by atoms with E-state index in [2.05, 4.69) is 204 Å². The number of furan rings is 1. The molecule has 0 aliphatic heterocycles. The molecule has 0 bridgehead atoms. The zero-order valence-electron chi connectivity index (χ0n) is 28.8. The molecule has 0 aliphatic rings. The van der Waals surface area contributed by atoms with Crippen LogP contribution in [-0.2, 0) is 0 Å². The van der Waals surface area contributed by atoms with Gasteiger partial charge in [-0.15, -0.1) is 0 Å². The summed E-state index contributed by atoms with van der Waals surface area (Å²) in [7, 11) is 0. The molecule has 0 radical (unpaired) electrons. The Balaban J connectivity index is 1.16. The van der Waals surface area contributed by atoms with Crippen molar-refractivity contribution in [3.63, 3.8) is 0 Å². The topological polar surface area (TPSA) is 21.3 Å². The Bertz CT molecular complexity index is 3160. The molecule has 2 heterocycles. The van der Waals surface area contributed by atoms with Crippen LogP contribution in [0, 0.1) is 0 Å². The van der Waals surface area contributed by atoms with E-state index in [1.807, 2.05) is 0 Å². The zero-order valence-corrected chi connectivity index (χ0v) is 28.8. The third-order valence-corrected chi connectivity index (χ3v) is 10.7. The van der Waals surface area contributed by atoms with E-state index in [-0.39, 0.29) is 0 Å². The zero-order chi connectivity index (χ0) is 34.9. The summed E-state index contributed by atoms with van der Waals surface area (Å²) in [6.45, 7) is 0. The standard InChI is InChI=1S/C50H32N2O/c1-3-11-33(12-4-1)34-19-23-38(24-20-34)51(40-26-28-44-48(32-40)53-47-30-22-36-14-8-10-18-42(36)50(44)47)39-25-27-43-46(31-39)52(37-15-5-2-6-16-37)45-29-21-35-13-7-9-17-41(35)49(43)45/h1-32H. The van der Waals surface area contributed by atoms with Gasteiger partial charge < -0.3 is 13.9 Å². The summed E-state index contributed by atoms with van der Waals surface area (Å²) < 4.78 is 9.00. The molecule has 0 atom stereocenters. The number of para-hydroxylation sites is 1. The average molecular weight is 677 g/mol. The van der Waals surface area contributed by atoms with Gasteiger partial charge in [0.25, 0.3) is 0 Å². The highest BCUT2D eigenvalue weighted by Gasteiger charge is 2.20. The van der Waals surface area contributed by atoms with Crippen LogP contribution in [0.2, 0.25) is 0 Å². The molecule has 0 N–H and O–H groups in total. The summed E-state index contributed by atoms with van der Waals surface area (Å²) in [5.74, 6) is 0. The van der Waals surface area contributed by atoms with Gasteiger partial charge in [0.05, 0.1) is 11.0 Å². The van der Waals surface area contributed by atoms with Gasteiger partial charge in [-0.3, -0.25) is 0 Å². The maximum atomic E-state index is 6.60. The second kappa shape index (κ2) is 11.7. The molecule has 3 heteroatoms. The van der Waals surface area contributed by atoms with Gasteiger partial charge in [0.15, 0.2) is 0 Å². The summed E-state index contributed by atoms with van der Waals surface area (Å²) in [6, 6.07) is 69.7. The molecular weight excluding hydrogens is 645 g/mol. The van der Waals surface area contributed by atoms with Gasteiger partial charge in [-0.05, 0) is 93.3 Å². The molecule has 9 aromatic carbocycles. The molecule has 3 nitrogen and oxygen atoms in total. The van der Waals surface area contributed by atoms with Crippen LogP contribution in [0.1, 0.15) is 0 Å². The second-order valence-electron chi connectivity index (χ2n) is 13.7. The number of anilines is 3. The lowest BCUT2D eigenvalue weighted by molar-refractivity contribution is 0.669. The molecule has 0 amide bonds. The van der Waals surface area contributed by atoms with Crippen molar-refractivity contribution in [2.75, 3.05) is 4.90 Å². The van der Waals surface area contributed by atoms with Gasteiger partial charge >= 0.3 is 0 Å². The fraction of sp³-hybridized carbons (Fsp3) is 0. The Kier molecular flexibility index (Phi) is 6.55. The van der Waals surface area contributed by atoms with Crippen molar-refractivity contribution in [2.45, 2.75) is 0 Å². The van der Waals surface area contributed by atoms with Crippen molar-refractivity contribution in [2.24, 2.45) is 0 Å². The first-order chi connectivity index (χ1) is 26.3. The predicted octanol–water partition coefficient (Wildman–Crippen LogP) is 14.1. The number of nitrogens with zero attached hydrogens (tertiary/aromatic N) is 2. The highest BCUT2D eigenvalue weighted by atomic mass is 16.3. The largest absolute Gasteiger partial charge is 0.456 e. The normalized spacial score (nSPS) is 11.8. The molecule has 53 heavy (non-hydrogen) atoms. The Morgan fingerprint density at radius 2 is 0.943 bits per heavy atom. The summed E-state index contributed by atoms with van der Waals surface area (Å²) in [5.41, 5.74) is 10.8. The first-order valence-corrected chi connectivity index (χ1v) is 18.1. The van der Waals surface area contributed by atoms with Crippen LogP contribution in [0.15, 0.2) is 199 Å². The van der Waals surface area contributed by atoms with Crippen LogP contribution in [0.3, 0.4) is 0 Å². The lowest BCUT2D eigenvalue weighted by atomic mass is 10.0. The van der Waals surface area contributed by atoms with Crippen LogP contribution in [-0.4, -0.2) is 4.57 Å². The Hall–Kier alpha value is -7.10. The predicted molar refractivity (Wildman–Crippen MR) is 223 cm³/mol. The first-order valence-electron chi connectivity index (χ1n) is 18.1. The Morgan fingerprint density at radius 1 is 0.358 bits per heavy atom. The molecule has 11 aromatic rings.